The van der Waals surface area contributed by atoms with Crippen molar-refractivity contribution >= 4 is 23.4 Å². The number of hydrogen-bond acceptors (Lipinski definition) is 6. The summed E-state index contributed by atoms with van der Waals surface area (Å²) in [5, 5.41) is 14.2. The van der Waals surface area contributed by atoms with E-state index in [9.17, 15) is 14.9 Å². The van der Waals surface area contributed by atoms with Gasteiger partial charge in [0.1, 0.15) is 5.69 Å². The van der Waals surface area contributed by atoms with Gasteiger partial charge in [-0.2, -0.15) is 0 Å². The van der Waals surface area contributed by atoms with Gasteiger partial charge >= 0.3 is 5.97 Å². The second kappa shape index (κ2) is 7.56. The summed E-state index contributed by atoms with van der Waals surface area (Å²) in [6.07, 6.45) is 3.81. The van der Waals surface area contributed by atoms with E-state index in [0.717, 1.165) is 13.0 Å². The molecule has 1 aromatic carbocycles. The zero-order valence-electron chi connectivity index (χ0n) is 12.3. The van der Waals surface area contributed by atoms with E-state index in [1.807, 2.05) is 0 Å². The monoisotopic (exact) mass is 306 g/mol. The number of ether oxygens (including phenoxy) is 2. The van der Waals surface area contributed by atoms with Crippen molar-refractivity contribution in [1.82, 2.24) is 0 Å². The summed E-state index contributed by atoms with van der Waals surface area (Å²) >= 11 is 0. The van der Waals surface area contributed by atoms with Gasteiger partial charge in [0.2, 0.25) is 0 Å². The first-order chi connectivity index (χ1) is 10.6. The van der Waals surface area contributed by atoms with Gasteiger partial charge in [-0.3, -0.25) is 10.1 Å². The van der Waals surface area contributed by atoms with Crippen LogP contribution in [0.3, 0.4) is 0 Å². The summed E-state index contributed by atoms with van der Waals surface area (Å²) in [6.45, 7) is 3.28. The van der Waals surface area contributed by atoms with Crippen LogP contribution in [0.15, 0.2) is 24.3 Å². The summed E-state index contributed by atoms with van der Waals surface area (Å²) in [4.78, 5) is 22.0. The van der Waals surface area contributed by atoms with Crippen LogP contribution in [-0.4, -0.2) is 36.8 Å². The SMILES string of the molecule is CCOC(=O)/C=C/c1ccc(NC[C@@H]2CCO2)c([N+](=O)[O-])c1. The summed E-state index contributed by atoms with van der Waals surface area (Å²) in [5.41, 5.74) is 0.962. The number of esters is 1. The molecular formula is C15H18N2O5. The summed E-state index contributed by atoms with van der Waals surface area (Å²) in [5.74, 6) is -0.477. The van der Waals surface area contributed by atoms with Crippen molar-refractivity contribution < 1.29 is 19.2 Å². The maximum absolute atomic E-state index is 11.2. The molecule has 0 saturated carbocycles. The van der Waals surface area contributed by atoms with Gasteiger partial charge in [-0.15, -0.1) is 0 Å². The van der Waals surface area contributed by atoms with E-state index in [1.165, 1.54) is 18.2 Å². The largest absolute Gasteiger partial charge is 0.463 e. The Morgan fingerprint density at radius 2 is 2.36 bits per heavy atom. The number of hydrogen-bond donors (Lipinski definition) is 1. The zero-order valence-corrected chi connectivity index (χ0v) is 12.3. The highest BCUT2D eigenvalue weighted by Crippen LogP contribution is 2.26. The van der Waals surface area contributed by atoms with E-state index in [-0.39, 0.29) is 18.4 Å². The maximum Gasteiger partial charge on any atom is 0.330 e. The number of anilines is 1. The average Bonchev–Trinajstić information content (AvgIpc) is 2.44. The van der Waals surface area contributed by atoms with E-state index in [4.69, 9.17) is 9.47 Å². The normalized spacial score (nSPS) is 17.0. The smallest absolute Gasteiger partial charge is 0.330 e. The van der Waals surface area contributed by atoms with E-state index in [0.29, 0.717) is 17.8 Å². The lowest BCUT2D eigenvalue weighted by Gasteiger charge is -2.26. The second-order valence-electron chi connectivity index (χ2n) is 4.78. The molecule has 1 aliphatic heterocycles. The van der Waals surface area contributed by atoms with Gasteiger partial charge in [0.05, 0.1) is 17.6 Å². The van der Waals surface area contributed by atoms with Crippen LogP contribution in [0, 0.1) is 10.1 Å². The molecule has 0 unspecified atom stereocenters. The summed E-state index contributed by atoms with van der Waals surface area (Å²) < 4.78 is 10.0. The Labute approximate surface area is 128 Å². The Kier molecular flexibility index (Phi) is 5.48. The van der Waals surface area contributed by atoms with Gasteiger partial charge in [0.15, 0.2) is 0 Å². The molecule has 1 N–H and O–H groups in total. The third-order valence-corrected chi connectivity index (χ3v) is 3.23. The molecule has 1 atom stereocenters. The second-order valence-corrected chi connectivity index (χ2v) is 4.78. The van der Waals surface area contributed by atoms with Crippen LogP contribution in [0.1, 0.15) is 18.9 Å². The standard InChI is InChI=1S/C15H18N2O5/c1-2-21-15(18)6-4-11-3-5-13(14(9-11)17(19)20)16-10-12-7-8-22-12/h3-6,9,12,16H,2,7-8,10H2,1H3/b6-4+/t12-/m0/s1. The molecule has 1 aliphatic rings. The molecular weight excluding hydrogens is 288 g/mol. The zero-order chi connectivity index (χ0) is 15.9. The number of carbonyl (C=O) groups is 1. The number of nitrogens with one attached hydrogen (secondary N) is 1. The van der Waals surface area contributed by atoms with Crippen LogP contribution in [0.4, 0.5) is 11.4 Å². The third-order valence-electron chi connectivity index (χ3n) is 3.23. The average molecular weight is 306 g/mol. The van der Waals surface area contributed by atoms with Crippen molar-refractivity contribution in [3.63, 3.8) is 0 Å². The quantitative estimate of drug-likeness (QED) is 0.360. The van der Waals surface area contributed by atoms with Crippen molar-refractivity contribution in [2.75, 3.05) is 25.1 Å². The van der Waals surface area contributed by atoms with E-state index in [1.54, 1.807) is 19.1 Å². The minimum atomic E-state index is -0.477. The molecule has 1 fully saturated rings. The fourth-order valence-electron chi connectivity index (χ4n) is 1.98. The minimum absolute atomic E-state index is 0.0367. The molecule has 0 amide bonds. The van der Waals surface area contributed by atoms with Crippen molar-refractivity contribution in [2.45, 2.75) is 19.4 Å². The molecule has 0 radical (unpaired) electrons. The lowest BCUT2D eigenvalue weighted by atomic mass is 10.1. The van der Waals surface area contributed by atoms with Gasteiger partial charge in [-0.1, -0.05) is 6.07 Å². The Balaban J connectivity index is 2.08. The highest BCUT2D eigenvalue weighted by atomic mass is 16.6. The molecule has 118 valence electrons. The van der Waals surface area contributed by atoms with Crippen LogP contribution >= 0.6 is 0 Å². The highest BCUT2D eigenvalue weighted by Gasteiger charge is 2.20. The van der Waals surface area contributed by atoms with Gasteiger partial charge in [-0.05, 0) is 31.1 Å². The van der Waals surface area contributed by atoms with Crippen molar-refractivity contribution in [3.8, 4) is 0 Å². The third kappa shape index (κ3) is 4.29. The Hall–Kier alpha value is -2.41. The van der Waals surface area contributed by atoms with E-state index in [2.05, 4.69) is 5.32 Å². The maximum atomic E-state index is 11.2. The number of carbonyl (C=O) groups excluding carboxylic acids is 1. The lowest BCUT2D eigenvalue weighted by molar-refractivity contribution is -0.384. The summed E-state index contributed by atoms with van der Waals surface area (Å²) in [7, 11) is 0. The van der Waals surface area contributed by atoms with Crippen molar-refractivity contribution in [2.24, 2.45) is 0 Å². The van der Waals surface area contributed by atoms with Crippen LogP contribution < -0.4 is 5.32 Å². The van der Waals surface area contributed by atoms with Crippen molar-refractivity contribution in [3.05, 3.63) is 40.0 Å². The topological polar surface area (TPSA) is 90.7 Å². The van der Waals surface area contributed by atoms with Crippen LogP contribution in [0.2, 0.25) is 0 Å². The number of nitro benzene ring substituents is 1. The predicted molar refractivity (Wildman–Crippen MR) is 81.6 cm³/mol. The highest BCUT2D eigenvalue weighted by molar-refractivity contribution is 5.87. The van der Waals surface area contributed by atoms with Crippen molar-refractivity contribution in [1.29, 1.82) is 0 Å². The first kappa shape index (κ1) is 16.0. The van der Waals surface area contributed by atoms with Gasteiger partial charge in [0, 0.05) is 25.3 Å². The molecule has 1 saturated heterocycles. The van der Waals surface area contributed by atoms with Gasteiger partial charge in [0.25, 0.3) is 5.69 Å². The minimum Gasteiger partial charge on any atom is -0.463 e. The predicted octanol–water partition coefficient (Wildman–Crippen LogP) is 2.37. The number of rotatable bonds is 7. The molecule has 7 heteroatoms. The Morgan fingerprint density at radius 3 is 2.95 bits per heavy atom. The Bertz CT molecular complexity index is 581. The Morgan fingerprint density at radius 1 is 1.59 bits per heavy atom. The van der Waals surface area contributed by atoms with Crippen LogP contribution in [0.5, 0.6) is 0 Å². The van der Waals surface area contributed by atoms with Gasteiger partial charge < -0.3 is 14.8 Å². The number of benzene rings is 1. The first-order valence-corrected chi connectivity index (χ1v) is 7.09. The molecule has 0 spiro atoms. The fourth-order valence-corrected chi connectivity index (χ4v) is 1.98. The molecule has 7 nitrogen and oxygen atoms in total. The molecule has 1 aromatic rings. The lowest BCUT2D eigenvalue weighted by Crippen LogP contribution is -2.33. The molecule has 1 heterocycles. The number of nitrogens with zero attached hydrogens (tertiary/aromatic N) is 1. The molecule has 0 aromatic heterocycles. The fraction of sp³-hybridized carbons (Fsp3) is 0.400. The molecule has 0 aliphatic carbocycles. The molecule has 22 heavy (non-hydrogen) atoms. The molecule has 2 rings (SSSR count). The van der Waals surface area contributed by atoms with Crippen LogP contribution in [-0.2, 0) is 14.3 Å². The molecule has 0 bridgehead atoms. The first-order valence-electron chi connectivity index (χ1n) is 7.09. The van der Waals surface area contributed by atoms with E-state index >= 15 is 0 Å². The van der Waals surface area contributed by atoms with Crippen LogP contribution in [0.25, 0.3) is 6.08 Å². The van der Waals surface area contributed by atoms with Gasteiger partial charge in [-0.25, -0.2) is 4.79 Å². The summed E-state index contributed by atoms with van der Waals surface area (Å²) in [6, 6.07) is 4.74. The van der Waals surface area contributed by atoms with E-state index < -0.39 is 10.9 Å². The number of nitro groups is 1.